The van der Waals surface area contributed by atoms with Gasteiger partial charge in [0.15, 0.2) is 0 Å². The third-order valence-corrected chi connectivity index (χ3v) is 9.42. The van der Waals surface area contributed by atoms with Gasteiger partial charge >= 0.3 is 0 Å². The first kappa shape index (κ1) is 32.2. The first-order valence-electron chi connectivity index (χ1n) is 15.2. The Hall–Kier alpha value is -3.80. The van der Waals surface area contributed by atoms with Crippen molar-refractivity contribution in [1.29, 1.82) is 0 Å². The predicted molar refractivity (Wildman–Crippen MR) is 172 cm³/mol. The van der Waals surface area contributed by atoms with Crippen LogP contribution in [0.1, 0.15) is 47.8 Å². The molecule has 1 amide bonds. The van der Waals surface area contributed by atoms with E-state index in [2.05, 4.69) is 0 Å². The van der Waals surface area contributed by atoms with Crippen molar-refractivity contribution in [3.8, 4) is 16.9 Å². The number of phenols is 1. The van der Waals surface area contributed by atoms with Gasteiger partial charge in [-0.05, 0) is 59.4 Å². The number of β-lactam (4-membered cyclic amide) rings is 1. The van der Waals surface area contributed by atoms with Gasteiger partial charge in [-0.25, -0.2) is 0 Å². The van der Waals surface area contributed by atoms with Gasteiger partial charge in [-0.3, -0.25) is 4.79 Å². The summed E-state index contributed by atoms with van der Waals surface area (Å²) >= 11 is 6.30. The third-order valence-electron chi connectivity index (χ3n) is 9.08. The molecule has 6 N–H and O–H groups in total. The predicted octanol–water partition coefficient (Wildman–Crippen LogP) is 4.45. The van der Waals surface area contributed by atoms with Crippen LogP contribution in [0.2, 0.25) is 5.02 Å². The number of benzene rings is 4. The van der Waals surface area contributed by atoms with Crippen molar-refractivity contribution in [2.45, 2.75) is 55.5 Å². The fourth-order valence-corrected chi connectivity index (χ4v) is 6.90. The minimum absolute atomic E-state index is 0.0725. The first-order valence-corrected chi connectivity index (χ1v) is 15.6. The lowest BCUT2D eigenvalue weighted by molar-refractivity contribution is -0.231. The van der Waals surface area contributed by atoms with Crippen LogP contribution < -0.4 is 4.90 Å². The van der Waals surface area contributed by atoms with Crippen LogP contribution in [0, 0.1) is 5.92 Å². The van der Waals surface area contributed by atoms with Gasteiger partial charge in [0.25, 0.3) is 0 Å². The van der Waals surface area contributed by atoms with Crippen LogP contribution in [-0.2, 0) is 9.53 Å². The maximum absolute atomic E-state index is 13.5. The van der Waals surface area contributed by atoms with Gasteiger partial charge in [0.2, 0.25) is 5.91 Å². The number of amides is 1. The van der Waals surface area contributed by atoms with Crippen molar-refractivity contribution in [2.24, 2.45) is 5.92 Å². The summed E-state index contributed by atoms with van der Waals surface area (Å²) in [6.45, 7) is -0.557. The minimum atomic E-state index is -1.55. The molecule has 0 aliphatic carbocycles. The Bertz CT molecular complexity index is 1680. The minimum Gasteiger partial charge on any atom is -0.507 e. The number of carbonyl (C=O) groups excluding carboxylic acids is 1. The summed E-state index contributed by atoms with van der Waals surface area (Å²) in [4.78, 5) is 15.2. The molecule has 4 aromatic rings. The second-order valence-corrected chi connectivity index (χ2v) is 12.2. The average Bonchev–Trinajstić information content (AvgIpc) is 3.07. The molecule has 2 heterocycles. The summed E-state index contributed by atoms with van der Waals surface area (Å²) in [5.41, 5.74) is 3.44. The van der Waals surface area contributed by atoms with Crippen molar-refractivity contribution in [3.05, 3.63) is 119 Å². The number of ether oxygens (including phenoxy) is 1. The third kappa shape index (κ3) is 5.91. The summed E-state index contributed by atoms with van der Waals surface area (Å²) in [6.07, 6.45) is -6.83. The maximum Gasteiger partial charge on any atom is 0.233 e. The number of aromatic hydroxyl groups is 1. The molecule has 2 aliphatic rings. The van der Waals surface area contributed by atoms with Crippen LogP contribution >= 0.6 is 11.6 Å². The van der Waals surface area contributed by atoms with Crippen molar-refractivity contribution in [2.75, 3.05) is 11.5 Å². The fourth-order valence-electron chi connectivity index (χ4n) is 6.64. The second kappa shape index (κ2) is 13.5. The van der Waals surface area contributed by atoms with E-state index in [1.165, 1.54) is 0 Å². The van der Waals surface area contributed by atoms with Crippen molar-refractivity contribution >= 4 is 23.2 Å². The van der Waals surface area contributed by atoms with E-state index in [1.807, 2.05) is 36.4 Å². The molecule has 10 heteroatoms. The molecule has 9 nitrogen and oxygen atoms in total. The molecular formula is C36H36ClNO8. The number of hydrogen-bond donors (Lipinski definition) is 6. The Morgan fingerprint density at radius 1 is 0.826 bits per heavy atom. The highest BCUT2D eigenvalue weighted by atomic mass is 35.5. The molecule has 4 aromatic carbocycles. The molecule has 0 radical (unpaired) electrons. The zero-order chi connectivity index (χ0) is 32.5. The maximum atomic E-state index is 13.5. The number of carbonyl (C=O) groups is 1. The van der Waals surface area contributed by atoms with Gasteiger partial charge in [-0.15, -0.1) is 0 Å². The summed E-state index contributed by atoms with van der Waals surface area (Å²) in [6, 6.07) is 28.1. The normalized spacial score (nSPS) is 26.9. The molecule has 2 fully saturated rings. The largest absolute Gasteiger partial charge is 0.507 e. The van der Waals surface area contributed by atoms with Gasteiger partial charge in [-0.2, -0.15) is 0 Å². The molecule has 6 rings (SSSR count). The second-order valence-electron chi connectivity index (χ2n) is 11.8. The van der Waals surface area contributed by atoms with Gasteiger partial charge in [0, 0.05) is 16.3 Å². The lowest BCUT2D eigenvalue weighted by Crippen LogP contribution is -2.55. The van der Waals surface area contributed by atoms with Gasteiger partial charge in [-0.1, -0.05) is 84.4 Å². The van der Waals surface area contributed by atoms with E-state index >= 15 is 0 Å². The van der Waals surface area contributed by atoms with E-state index in [-0.39, 0.29) is 11.7 Å². The van der Waals surface area contributed by atoms with Crippen LogP contribution in [0.5, 0.6) is 5.75 Å². The van der Waals surface area contributed by atoms with Gasteiger partial charge < -0.3 is 40.3 Å². The number of halogens is 1. The van der Waals surface area contributed by atoms with Gasteiger partial charge in [0.05, 0.1) is 24.7 Å². The van der Waals surface area contributed by atoms with Gasteiger partial charge in [0.1, 0.15) is 36.3 Å². The Morgan fingerprint density at radius 2 is 1.52 bits per heavy atom. The highest BCUT2D eigenvalue weighted by Crippen LogP contribution is 2.48. The summed E-state index contributed by atoms with van der Waals surface area (Å²) in [7, 11) is 0. The molecule has 0 saturated carbocycles. The molecule has 0 aromatic heterocycles. The molecular weight excluding hydrogens is 610 g/mol. The van der Waals surface area contributed by atoms with E-state index in [0.29, 0.717) is 45.7 Å². The van der Waals surface area contributed by atoms with Crippen LogP contribution in [0.15, 0.2) is 97.1 Å². The number of nitrogens with zero attached hydrogens (tertiary/aromatic N) is 1. The quantitative estimate of drug-likeness (QED) is 0.146. The van der Waals surface area contributed by atoms with Crippen molar-refractivity contribution < 1.29 is 40.2 Å². The zero-order valence-electron chi connectivity index (χ0n) is 24.8. The number of anilines is 1. The average molecular weight is 646 g/mol. The lowest BCUT2D eigenvalue weighted by Gasteiger charge is -2.48. The molecule has 0 unspecified atom stereocenters. The van der Waals surface area contributed by atoms with Crippen LogP contribution in [-0.4, -0.2) is 67.6 Å². The Labute approximate surface area is 271 Å². The molecule has 2 aliphatic heterocycles. The molecule has 0 bridgehead atoms. The number of para-hydroxylation sites is 1. The molecule has 46 heavy (non-hydrogen) atoms. The molecule has 240 valence electrons. The SMILES string of the molecule is O=C1[C@H](CC[C@H](O)c2ccccc2Cl)[C@@H](c2ccc(-c3ccccc3[C@@H]3O[C@H](CO)[C@@H](O)[C@H](O)[C@H]3O)c(O)c2)N1c1ccccc1. The summed E-state index contributed by atoms with van der Waals surface area (Å²) < 4.78 is 5.82. The molecule has 0 spiro atoms. The fraction of sp³-hybridized carbons (Fsp3) is 0.306. The van der Waals surface area contributed by atoms with E-state index in [4.69, 9.17) is 16.3 Å². The molecule has 8 atom stereocenters. The van der Waals surface area contributed by atoms with E-state index in [0.717, 1.165) is 5.69 Å². The summed E-state index contributed by atoms with van der Waals surface area (Å²) in [5.74, 6) is -0.611. The number of rotatable bonds is 9. The number of hydrogen-bond acceptors (Lipinski definition) is 8. The van der Waals surface area contributed by atoms with E-state index in [9.17, 15) is 35.4 Å². The topological polar surface area (TPSA) is 151 Å². The van der Waals surface area contributed by atoms with Crippen LogP contribution in [0.4, 0.5) is 5.69 Å². The highest BCUT2D eigenvalue weighted by molar-refractivity contribution is 6.31. The van der Waals surface area contributed by atoms with Crippen molar-refractivity contribution in [3.63, 3.8) is 0 Å². The first-order chi connectivity index (χ1) is 22.2. The smallest absolute Gasteiger partial charge is 0.233 e. The lowest BCUT2D eigenvalue weighted by atomic mass is 9.77. The van der Waals surface area contributed by atoms with Crippen LogP contribution in [0.25, 0.3) is 11.1 Å². The zero-order valence-corrected chi connectivity index (χ0v) is 25.6. The number of aliphatic hydroxyl groups excluding tert-OH is 5. The Balaban J connectivity index is 1.31. The van der Waals surface area contributed by atoms with E-state index < -0.39 is 55.2 Å². The Kier molecular flexibility index (Phi) is 9.44. The van der Waals surface area contributed by atoms with E-state index in [1.54, 1.807) is 65.6 Å². The standard InChI is InChI=1S/C36H36ClNO8/c37-27-13-7-6-12-25(27)28(40)17-16-26-31(38(36(26)45)21-8-2-1-3-9-21)20-14-15-23(29(41)18-20)22-10-4-5-11-24(22)35-34(44)33(43)32(42)30(19-39)46-35/h1-15,18,26,28,30-35,39-44H,16-17,19H2/t26-,28+,30-,31-,32-,33+,34-,35+/m1/s1. The summed E-state index contributed by atoms with van der Waals surface area (Å²) in [5, 5.41) is 63.9. The number of phenolic OH excluding ortho intramolecular Hbond substituents is 1. The number of aliphatic hydroxyl groups is 5. The Morgan fingerprint density at radius 3 is 2.24 bits per heavy atom. The van der Waals surface area contributed by atoms with Crippen molar-refractivity contribution in [1.82, 2.24) is 0 Å². The molecule has 2 saturated heterocycles. The monoisotopic (exact) mass is 645 g/mol. The van der Waals surface area contributed by atoms with Crippen LogP contribution in [0.3, 0.4) is 0 Å². The highest BCUT2D eigenvalue weighted by Gasteiger charge is 2.49.